The number of hydrogen-bond donors (Lipinski definition) is 1. The number of carbonyl (C=O) groups excluding carboxylic acids is 1. The van der Waals surface area contributed by atoms with Crippen LogP contribution in [0.4, 0.5) is 13.2 Å². The van der Waals surface area contributed by atoms with E-state index >= 15 is 0 Å². The van der Waals surface area contributed by atoms with Gasteiger partial charge in [0.25, 0.3) is 5.91 Å². The van der Waals surface area contributed by atoms with Crippen LogP contribution >= 0.6 is 0 Å². The molecular weight excluding hydrogens is 321 g/mol. The Bertz CT molecular complexity index is 734. The molecule has 1 saturated heterocycles. The number of rotatable bonds is 2. The van der Waals surface area contributed by atoms with E-state index in [4.69, 9.17) is 0 Å². The van der Waals surface area contributed by atoms with Gasteiger partial charge < -0.3 is 10.0 Å². The van der Waals surface area contributed by atoms with E-state index in [9.17, 15) is 23.1 Å². The largest absolute Gasteiger partial charge is 0.416 e. The molecule has 24 heavy (non-hydrogen) atoms. The van der Waals surface area contributed by atoms with E-state index in [1.54, 1.807) is 18.2 Å². The van der Waals surface area contributed by atoms with Crippen molar-refractivity contribution >= 4 is 5.91 Å². The van der Waals surface area contributed by atoms with Gasteiger partial charge in [-0.1, -0.05) is 12.1 Å². The topological polar surface area (TPSA) is 53.4 Å². The van der Waals surface area contributed by atoms with Crippen LogP contribution in [0.25, 0.3) is 0 Å². The van der Waals surface area contributed by atoms with Gasteiger partial charge >= 0.3 is 6.18 Å². The van der Waals surface area contributed by atoms with E-state index in [0.717, 1.165) is 12.1 Å². The number of hydrogen-bond acceptors (Lipinski definition) is 3. The number of pyridine rings is 1. The second-order valence-electron chi connectivity index (χ2n) is 5.73. The molecule has 1 aromatic carbocycles. The number of aromatic nitrogens is 1. The van der Waals surface area contributed by atoms with E-state index in [0.29, 0.717) is 11.1 Å². The maximum absolute atomic E-state index is 12.9. The van der Waals surface area contributed by atoms with Gasteiger partial charge in [0.1, 0.15) is 0 Å². The molecule has 0 saturated carbocycles. The van der Waals surface area contributed by atoms with Gasteiger partial charge in [0.15, 0.2) is 0 Å². The van der Waals surface area contributed by atoms with Crippen molar-refractivity contribution in [1.29, 1.82) is 0 Å². The fourth-order valence-corrected chi connectivity index (χ4v) is 2.93. The Morgan fingerprint density at radius 1 is 1.25 bits per heavy atom. The molecule has 0 spiro atoms. The van der Waals surface area contributed by atoms with E-state index in [-0.39, 0.29) is 18.9 Å². The summed E-state index contributed by atoms with van der Waals surface area (Å²) in [6.07, 6.45) is -2.10. The van der Waals surface area contributed by atoms with Crippen LogP contribution in [-0.2, 0) is 6.18 Å². The molecule has 0 unspecified atom stereocenters. The number of aliphatic hydroxyl groups excluding tert-OH is 1. The van der Waals surface area contributed by atoms with Crippen molar-refractivity contribution < 1.29 is 23.1 Å². The van der Waals surface area contributed by atoms with Crippen LogP contribution < -0.4 is 0 Å². The number of aliphatic hydroxyl groups is 1. The monoisotopic (exact) mass is 336 g/mol. The number of likely N-dealkylation sites (tertiary alicyclic amines) is 1. The first-order chi connectivity index (χ1) is 11.4. The molecule has 2 heterocycles. The van der Waals surface area contributed by atoms with E-state index in [1.807, 2.05) is 0 Å². The zero-order valence-corrected chi connectivity index (χ0v) is 12.6. The van der Waals surface area contributed by atoms with E-state index in [2.05, 4.69) is 4.98 Å². The Morgan fingerprint density at radius 3 is 2.71 bits per heavy atom. The average Bonchev–Trinajstić information content (AvgIpc) is 2.96. The molecule has 4 nitrogen and oxygen atoms in total. The summed E-state index contributed by atoms with van der Waals surface area (Å²) in [4.78, 5) is 17.9. The van der Waals surface area contributed by atoms with Crippen LogP contribution in [0.3, 0.4) is 0 Å². The summed E-state index contributed by atoms with van der Waals surface area (Å²) in [6.45, 7) is 0.0780. The fourth-order valence-electron chi connectivity index (χ4n) is 2.93. The van der Waals surface area contributed by atoms with Crippen molar-refractivity contribution in [3.8, 4) is 0 Å². The summed E-state index contributed by atoms with van der Waals surface area (Å²) >= 11 is 0. The fraction of sp³-hybridized carbons (Fsp3) is 0.294. The first-order valence-electron chi connectivity index (χ1n) is 7.42. The van der Waals surface area contributed by atoms with Crippen molar-refractivity contribution in [3.63, 3.8) is 0 Å². The first-order valence-corrected chi connectivity index (χ1v) is 7.42. The Morgan fingerprint density at radius 2 is 2.04 bits per heavy atom. The van der Waals surface area contributed by atoms with Crippen molar-refractivity contribution in [3.05, 3.63) is 65.5 Å². The molecule has 1 aliphatic rings. The van der Waals surface area contributed by atoms with E-state index < -0.39 is 23.9 Å². The van der Waals surface area contributed by atoms with Gasteiger partial charge in [-0.15, -0.1) is 0 Å². The number of halogens is 3. The highest BCUT2D eigenvalue weighted by Crippen LogP contribution is 2.36. The van der Waals surface area contributed by atoms with Gasteiger partial charge in [-0.25, -0.2) is 0 Å². The van der Waals surface area contributed by atoms with Crippen LogP contribution in [0, 0.1) is 0 Å². The molecule has 0 bridgehead atoms. The van der Waals surface area contributed by atoms with Crippen molar-refractivity contribution in [2.24, 2.45) is 0 Å². The summed E-state index contributed by atoms with van der Waals surface area (Å²) in [5.41, 5.74) is -0.0719. The lowest BCUT2D eigenvalue weighted by Crippen LogP contribution is -2.32. The van der Waals surface area contributed by atoms with Crippen molar-refractivity contribution in [2.75, 3.05) is 6.54 Å². The summed E-state index contributed by atoms with van der Waals surface area (Å²) in [6, 6.07) is 7.48. The lowest BCUT2D eigenvalue weighted by Gasteiger charge is -2.25. The number of alkyl halides is 3. The molecule has 3 rings (SSSR count). The molecule has 0 aliphatic carbocycles. The Labute approximate surface area is 136 Å². The minimum Gasteiger partial charge on any atom is -0.391 e. The molecule has 0 radical (unpaired) electrons. The number of β-amino-alcohol motifs (C(OH)–C–C–N with tert-alkyl or cyclic N) is 1. The second-order valence-corrected chi connectivity index (χ2v) is 5.73. The molecular formula is C17H15F3N2O2. The van der Waals surface area contributed by atoms with Gasteiger partial charge in [0.2, 0.25) is 0 Å². The maximum atomic E-state index is 12.9. The average molecular weight is 336 g/mol. The molecule has 7 heteroatoms. The van der Waals surface area contributed by atoms with Crippen LogP contribution in [0.5, 0.6) is 0 Å². The van der Waals surface area contributed by atoms with Crippen LogP contribution in [0.1, 0.15) is 33.9 Å². The predicted molar refractivity (Wildman–Crippen MR) is 80.1 cm³/mol. The second kappa shape index (κ2) is 6.24. The van der Waals surface area contributed by atoms with Gasteiger partial charge in [0.05, 0.1) is 23.3 Å². The Balaban J connectivity index is 1.93. The standard InChI is InChI=1S/C17H15F3N2O2/c18-17(19,20)13-5-1-3-11(7-13)15-8-14(23)10-22(15)16(24)12-4-2-6-21-9-12/h1-7,9,14-15,23H,8,10H2/t14-,15+/m1/s1. The molecule has 126 valence electrons. The minimum absolute atomic E-state index is 0.0780. The lowest BCUT2D eigenvalue weighted by atomic mass is 10.0. The molecule has 2 atom stereocenters. The summed E-state index contributed by atoms with van der Waals surface area (Å²) in [5, 5.41) is 9.92. The maximum Gasteiger partial charge on any atom is 0.416 e. The normalized spacial score (nSPS) is 21.1. The van der Waals surface area contributed by atoms with Crippen molar-refractivity contribution in [2.45, 2.75) is 24.7 Å². The van der Waals surface area contributed by atoms with Crippen molar-refractivity contribution in [1.82, 2.24) is 9.88 Å². The molecule has 1 amide bonds. The molecule has 1 aliphatic heterocycles. The number of benzene rings is 1. The highest BCUT2D eigenvalue weighted by Gasteiger charge is 2.37. The molecule has 1 fully saturated rings. The van der Waals surface area contributed by atoms with Crippen LogP contribution in [-0.4, -0.2) is 33.5 Å². The third-order valence-corrected chi connectivity index (χ3v) is 4.05. The van der Waals surface area contributed by atoms with Crippen LogP contribution in [0.2, 0.25) is 0 Å². The Hall–Kier alpha value is -2.41. The number of carbonyl (C=O) groups is 1. The first kappa shape index (κ1) is 16.4. The molecule has 2 aromatic rings. The predicted octanol–water partition coefficient (Wildman–Crippen LogP) is 3.05. The SMILES string of the molecule is O=C(c1cccnc1)N1C[C@H](O)C[C@H]1c1cccc(C(F)(F)F)c1. The van der Waals surface area contributed by atoms with E-state index in [1.165, 1.54) is 23.4 Å². The third kappa shape index (κ3) is 3.26. The number of nitrogens with zero attached hydrogens (tertiary/aromatic N) is 2. The number of amides is 1. The van der Waals surface area contributed by atoms with Gasteiger partial charge in [-0.05, 0) is 36.2 Å². The third-order valence-electron chi connectivity index (χ3n) is 4.05. The summed E-state index contributed by atoms with van der Waals surface area (Å²) in [5.74, 6) is -0.359. The van der Waals surface area contributed by atoms with Gasteiger partial charge in [-0.3, -0.25) is 9.78 Å². The summed E-state index contributed by atoms with van der Waals surface area (Å²) in [7, 11) is 0. The summed E-state index contributed by atoms with van der Waals surface area (Å²) < 4.78 is 38.7. The smallest absolute Gasteiger partial charge is 0.391 e. The highest BCUT2D eigenvalue weighted by atomic mass is 19.4. The Kier molecular flexibility index (Phi) is 4.28. The van der Waals surface area contributed by atoms with Gasteiger partial charge in [0, 0.05) is 18.9 Å². The zero-order valence-electron chi connectivity index (χ0n) is 12.6. The van der Waals surface area contributed by atoms with Crippen LogP contribution in [0.15, 0.2) is 48.8 Å². The lowest BCUT2D eigenvalue weighted by molar-refractivity contribution is -0.137. The van der Waals surface area contributed by atoms with Gasteiger partial charge in [-0.2, -0.15) is 13.2 Å². The molecule has 1 aromatic heterocycles. The minimum atomic E-state index is -4.45. The zero-order chi connectivity index (χ0) is 17.3. The molecule has 1 N–H and O–H groups in total. The highest BCUT2D eigenvalue weighted by molar-refractivity contribution is 5.94. The quantitative estimate of drug-likeness (QED) is 0.917.